The van der Waals surface area contributed by atoms with Gasteiger partial charge in [0, 0.05) is 12.6 Å². The van der Waals surface area contributed by atoms with Crippen molar-refractivity contribution in [3.63, 3.8) is 0 Å². The van der Waals surface area contributed by atoms with Crippen LogP contribution in [0, 0.1) is 0 Å². The van der Waals surface area contributed by atoms with Crippen LogP contribution in [0.2, 0.25) is 0 Å². The number of hydrogen-bond acceptors (Lipinski definition) is 5. The molecular weight excluding hydrogens is 286 g/mol. The Morgan fingerprint density at radius 2 is 1.68 bits per heavy atom. The Morgan fingerprint density at radius 1 is 1.05 bits per heavy atom. The van der Waals surface area contributed by atoms with Crippen molar-refractivity contribution in [1.82, 2.24) is 4.98 Å². The molecule has 114 valence electrons. The van der Waals surface area contributed by atoms with Crippen molar-refractivity contribution >= 4 is 17.9 Å². The Balaban J connectivity index is 0.000000235. The fourth-order valence-corrected chi connectivity index (χ4v) is 1.30. The average Bonchev–Trinajstić information content (AvgIpc) is 2.57. The normalized spacial score (nSPS) is 9.14. The van der Waals surface area contributed by atoms with E-state index in [0.29, 0.717) is 5.56 Å². The summed E-state index contributed by atoms with van der Waals surface area (Å²) in [5.41, 5.74) is 0.474. The third kappa shape index (κ3) is 5.96. The Morgan fingerprint density at radius 3 is 2.14 bits per heavy atom. The van der Waals surface area contributed by atoms with E-state index in [2.05, 4.69) is 9.72 Å². The highest BCUT2D eigenvalue weighted by atomic mass is 16.6. The van der Waals surface area contributed by atoms with Crippen LogP contribution in [0.4, 0.5) is 0 Å². The fraction of sp³-hybridized carbons (Fsp3) is 0.125. The zero-order valence-electron chi connectivity index (χ0n) is 11.9. The Bertz CT molecular complexity index is 625. The van der Waals surface area contributed by atoms with E-state index in [1.54, 1.807) is 49.4 Å². The van der Waals surface area contributed by atoms with Gasteiger partial charge in [0.15, 0.2) is 0 Å². The zero-order chi connectivity index (χ0) is 16.4. The van der Waals surface area contributed by atoms with E-state index < -0.39 is 17.9 Å². The Hall–Kier alpha value is -3.02. The van der Waals surface area contributed by atoms with Gasteiger partial charge in [-0.15, -0.1) is 0 Å². The summed E-state index contributed by atoms with van der Waals surface area (Å²) in [6.45, 7) is 1.64. The van der Waals surface area contributed by atoms with Crippen LogP contribution in [0.25, 0.3) is 0 Å². The molecule has 0 saturated heterocycles. The lowest BCUT2D eigenvalue weighted by Crippen LogP contribution is -2.10. The molecule has 0 amide bonds. The number of carbonyl (C=O) groups excluding carboxylic acids is 2. The number of benzene rings is 1. The molecule has 0 atom stereocenters. The monoisotopic (exact) mass is 301 g/mol. The van der Waals surface area contributed by atoms with Gasteiger partial charge in [0.25, 0.3) is 0 Å². The first-order valence-electron chi connectivity index (χ1n) is 6.49. The molecule has 0 bridgehead atoms. The first-order valence-corrected chi connectivity index (χ1v) is 6.49. The second kappa shape index (κ2) is 9.02. The van der Waals surface area contributed by atoms with E-state index in [4.69, 9.17) is 5.11 Å². The molecule has 0 unspecified atom stereocenters. The Labute approximate surface area is 127 Å². The van der Waals surface area contributed by atoms with E-state index in [1.165, 1.54) is 12.3 Å². The molecule has 1 aromatic carbocycles. The highest BCUT2D eigenvalue weighted by Crippen LogP contribution is 2.01. The van der Waals surface area contributed by atoms with Crippen LogP contribution in [0.3, 0.4) is 0 Å². The van der Waals surface area contributed by atoms with Gasteiger partial charge in [-0.25, -0.2) is 14.6 Å². The van der Waals surface area contributed by atoms with Crippen LogP contribution in [0.15, 0.2) is 54.7 Å². The summed E-state index contributed by atoms with van der Waals surface area (Å²) < 4.78 is 4.51. The molecule has 1 heterocycles. The van der Waals surface area contributed by atoms with Crippen LogP contribution in [0.5, 0.6) is 0 Å². The van der Waals surface area contributed by atoms with Crippen molar-refractivity contribution < 1.29 is 24.2 Å². The summed E-state index contributed by atoms with van der Waals surface area (Å²) in [6.07, 6.45) is 1.65. The number of carbonyl (C=O) groups is 3. The van der Waals surface area contributed by atoms with Gasteiger partial charge in [-0.05, 0) is 24.3 Å². The van der Waals surface area contributed by atoms with E-state index >= 15 is 0 Å². The number of carboxylic acids is 1. The molecule has 0 aliphatic rings. The molecule has 1 N–H and O–H groups in total. The number of hydrogen-bond donors (Lipinski definition) is 1. The molecule has 1 aromatic heterocycles. The summed E-state index contributed by atoms with van der Waals surface area (Å²) >= 11 is 0. The van der Waals surface area contributed by atoms with Gasteiger partial charge in [-0.2, -0.15) is 0 Å². The first-order chi connectivity index (χ1) is 10.5. The number of esters is 2. The lowest BCUT2D eigenvalue weighted by Gasteiger charge is -1.99. The molecule has 22 heavy (non-hydrogen) atoms. The molecule has 6 nitrogen and oxygen atoms in total. The van der Waals surface area contributed by atoms with E-state index in [1.807, 2.05) is 0 Å². The molecule has 0 aliphatic carbocycles. The topological polar surface area (TPSA) is 93.6 Å². The minimum absolute atomic E-state index is 0.0810. The number of aromatic carboxylic acids is 1. The lowest BCUT2D eigenvalue weighted by molar-refractivity contribution is -0.137. The van der Waals surface area contributed by atoms with E-state index in [0.717, 1.165) is 0 Å². The van der Waals surface area contributed by atoms with Crippen molar-refractivity contribution in [3.8, 4) is 0 Å². The molecule has 6 heteroatoms. The third-order valence-electron chi connectivity index (χ3n) is 2.39. The first kappa shape index (κ1) is 17.0. The van der Waals surface area contributed by atoms with E-state index in [-0.39, 0.29) is 12.1 Å². The van der Waals surface area contributed by atoms with Crippen LogP contribution in [-0.4, -0.2) is 28.0 Å². The molecule has 0 saturated carbocycles. The highest BCUT2D eigenvalue weighted by molar-refractivity contribution is 5.96. The van der Waals surface area contributed by atoms with Gasteiger partial charge in [0.1, 0.15) is 5.69 Å². The summed E-state index contributed by atoms with van der Waals surface area (Å²) in [5, 5.41) is 8.32. The Kier molecular flexibility index (Phi) is 6.98. The summed E-state index contributed by atoms with van der Waals surface area (Å²) in [4.78, 5) is 35.6. The third-order valence-corrected chi connectivity index (χ3v) is 2.39. The maximum Gasteiger partial charge on any atom is 0.354 e. The van der Waals surface area contributed by atoms with Crippen molar-refractivity contribution in [1.29, 1.82) is 0 Å². The van der Waals surface area contributed by atoms with Crippen LogP contribution >= 0.6 is 0 Å². The van der Waals surface area contributed by atoms with Crippen molar-refractivity contribution in [2.45, 2.75) is 13.3 Å². The second-order valence-electron chi connectivity index (χ2n) is 4.00. The molecule has 0 fully saturated rings. The number of pyridine rings is 1. The minimum atomic E-state index is -0.990. The van der Waals surface area contributed by atoms with Crippen LogP contribution in [-0.2, 0) is 9.53 Å². The summed E-state index contributed by atoms with van der Waals surface area (Å²) in [7, 11) is 0. The maximum atomic E-state index is 11.2. The van der Waals surface area contributed by atoms with Gasteiger partial charge in [0.05, 0.1) is 5.56 Å². The van der Waals surface area contributed by atoms with Crippen molar-refractivity contribution in [2.75, 3.05) is 0 Å². The van der Waals surface area contributed by atoms with Crippen molar-refractivity contribution in [3.05, 3.63) is 66.0 Å². The van der Waals surface area contributed by atoms with Gasteiger partial charge in [0.2, 0.25) is 0 Å². The maximum absolute atomic E-state index is 11.2. The summed E-state index contributed by atoms with van der Waals surface area (Å²) in [6, 6.07) is 13.2. The molecule has 0 spiro atoms. The number of carboxylic acid groups (broad SMARTS) is 1. The predicted molar refractivity (Wildman–Crippen MR) is 78.4 cm³/mol. The minimum Gasteiger partial charge on any atom is -0.477 e. The zero-order valence-corrected chi connectivity index (χ0v) is 11.9. The van der Waals surface area contributed by atoms with Gasteiger partial charge in [-0.1, -0.05) is 31.2 Å². The summed E-state index contributed by atoms with van der Waals surface area (Å²) in [5.74, 6) is -2.09. The largest absolute Gasteiger partial charge is 0.477 e. The molecule has 0 aliphatic heterocycles. The fourth-order valence-electron chi connectivity index (χ4n) is 1.30. The molecular formula is C16H15NO5. The SMILES string of the molecule is CCC(=O)OC(=O)c1ccccc1.O=C(O)c1ccccn1. The number of aromatic nitrogens is 1. The molecule has 2 rings (SSSR count). The second-order valence-corrected chi connectivity index (χ2v) is 4.00. The van der Waals surface area contributed by atoms with Gasteiger partial charge < -0.3 is 9.84 Å². The number of ether oxygens (including phenoxy) is 1. The van der Waals surface area contributed by atoms with Crippen LogP contribution < -0.4 is 0 Å². The smallest absolute Gasteiger partial charge is 0.354 e. The molecule has 2 aromatic rings. The van der Waals surface area contributed by atoms with Crippen molar-refractivity contribution in [2.24, 2.45) is 0 Å². The van der Waals surface area contributed by atoms with E-state index in [9.17, 15) is 14.4 Å². The van der Waals surface area contributed by atoms with Gasteiger partial charge in [-0.3, -0.25) is 4.79 Å². The number of nitrogens with zero attached hydrogens (tertiary/aromatic N) is 1. The standard InChI is InChI=1S/C10H10O3.C6H5NO2/c1-2-9(11)13-10(12)8-6-4-3-5-7-8;8-6(9)5-3-1-2-4-7-5/h3-7H,2H2,1H3;1-4H,(H,8,9). The average molecular weight is 301 g/mol. The predicted octanol–water partition coefficient (Wildman–Crippen LogP) is 2.56. The van der Waals surface area contributed by atoms with Gasteiger partial charge >= 0.3 is 17.9 Å². The molecule has 0 radical (unpaired) electrons. The quantitative estimate of drug-likeness (QED) is 0.691. The number of rotatable bonds is 3. The lowest BCUT2D eigenvalue weighted by atomic mass is 10.2. The van der Waals surface area contributed by atoms with Crippen LogP contribution in [0.1, 0.15) is 34.2 Å². The highest BCUT2D eigenvalue weighted by Gasteiger charge is 2.09.